The Morgan fingerprint density at radius 1 is 1.16 bits per heavy atom. The van der Waals surface area contributed by atoms with Crippen molar-refractivity contribution in [2.45, 2.75) is 13.0 Å². The van der Waals surface area contributed by atoms with E-state index in [9.17, 15) is 9.59 Å². The number of carbonyl (C=O) groups is 1. The van der Waals surface area contributed by atoms with Crippen LogP contribution in [-0.2, 0) is 0 Å². The molecule has 3 aromatic rings. The zero-order valence-electron chi connectivity index (χ0n) is 13.5. The first kappa shape index (κ1) is 17.1. The lowest BCUT2D eigenvalue weighted by Gasteiger charge is -2.14. The summed E-state index contributed by atoms with van der Waals surface area (Å²) < 4.78 is 0.929. The number of carbonyl (C=O) groups excluding carboxylic acids is 1. The molecule has 0 aliphatic heterocycles. The molecule has 0 unspecified atom stereocenters. The number of halogens is 1. The summed E-state index contributed by atoms with van der Waals surface area (Å²) in [5.41, 5.74) is 1.25. The molecule has 1 amide bonds. The molecule has 0 spiro atoms. The van der Waals surface area contributed by atoms with Crippen LogP contribution in [0.1, 0.15) is 28.9 Å². The Morgan fingerprint density at radius 2 is 1.92 bits per heavy atom. The SMILES string of the molecule is C[C@H](NC(=O)c1cnc(-c2ccccc2)[nH]c1=O)c1cccc(Br)c1. The van der Waals surface area contributed by atoms with Gasteiger partial charge in [0.15, 0.2) is 0 Å². The Balaban J connectivity index is 1.80. The van der Waals surface area contributed by atoms with Gasteiger partial charge in [-0.05, 0) is 24.6 Å². The van der Waals surface area contributed by atoms with Gasteiger partial charge in [0, 0.05) is 16.2 Å². The van der Waals surface area contributed by atoms with Crippen LogP contribution in [0, 0.1) is 0 Å². The van der Waals surface area contributed by atoms with Crippen LogP contribution in [0.4, 0.5) is 0 Å². The predicted octanol–water partition coefficient (Wildman–Crippen LogP) is 3.69. The largest absolute Gasteiger partial charge is 0.345 e. The molecule has 25 heavy (non-hydrogen) atoms. The minimum Gasteiger partial charge on any atom is -0.345 e. The van der Waals surface area contributed by atoms with Crippen LogP contribution in [0.5, 0.6) is 0 Å². The quantitative estimate of drug-likeness (QED) is 0.704. The van der Waals surface area contributed by atoms with Gasteiger partial charge in [0.1, 0.15) is 11.4 Å². The Morgan fingerprint density at radius 3 is 2.60 bits per heavy atom. The van der Waals surface area contributed by atoms with Crippen LogP contribution < -0.4 is 10.9 Å². The highest BCUT2D eigenvalue weighted by Crippen LogP contribution is 2.18. The van der Waals surface area contributed by atoms with Gasteiger partial charge in [-0.1, -0.05) is 58.4 Å². The van der Waals surface area contributed by atoms with Crippen molar-refractivity contribution in [3.8, 4) is 11.4 Å². The number of hydrogen-bond acceptors (Lipinski definition) is 3. The number of amides is 1. The molecule has 2 aromatic carbocycles. The monoisotopic (exact) mass is 397 g/mol. The summed E-state index contributed by atoms with van der Waals surface area (Å²) in [5, 5.41) is 2.82. The summed E-state index contributed by atoms with van der Waals surface area (Å²) in [6.45, 7) is 1.86. The van der Waals surface area contributed by atoms with Crippen molar-refractivity contribution in [3.63, 3.8) is 0 Å². The zero-order valence-corrected chi connectivity index (χ0v) is 15.1. The van der Waals surface area contributed by atoms with Crippen molar-refractivity contribution in [2.24, 2.45) is 0 Å². The van der Waals surface area contributed by atoms with Gasteiger partial charge in [0.05, 0.1) is 6.04 Å². The highest BCUT2D eigenvalue weighted by atomic mass is 79.9. The predicted molar refractivity (Wildman–Crippen MR) is 100 cm³/mol. The lowest BCUT2D eigenvalue weighted by Crippen LogP contribution is -2.32. The van der Waals surface area contributed by atoms with Crippen LogP contribution in [0.25, 0.3) is 11.4 Å². The summed E-state index contributed by atoms with van der Waals surface area (Å²) in [5.74, 6) is -0.0250. The summed E-state index contributed by atoms with van der Waals surface area (Å²) >= 11 is 3.41. The lowest BCUT2D eigenvalue weighted by molar-refractivity contribution is 0.0938. The van der Waals surface area contributed by atoms with Crippen LogP contribution in [0.3, 0.4) is 0 Å². The lowest BCUT2D eigenvalue weighted by atomic mass is 10.1. The smallest absolute Gasteiger partial charge is 0.264 e. The Hall–Kier alpha value is -2.73. The molecule has 1 aromatic heterocycles. The van der Waals surface area contributed by atoms with Gasteiger partial charge >= 0.3 is 0 Å². The zero-order chi connectivity index (χ0) is 17.8. The molecule has 6 heteroatoms. The fourth-order valence-electron chi connectivity index (χ4n) is 2.43. The van der Waals surface area contributed by atoms with E-state index in [1.807, 2.05) is 61.5 Å². The maximum atomic E-state index is 12.4. The topological polar surface area (TPSA) is 74.8 Å². The van der Waals surface area contributed by atoms with Crippen molar-refractivity contribution in [1.82, 2.24) is 15.3 Å². The van der Waals surface area contributed by atoms with Crippen molar-refractivity contribution < 1.29 is 4.79 Å². The maximum absolute atomic E-state index is 12.4. The summed E-state index contributed by atoms with van der Waals surface area (Å²) in [4.78, 5) is 31.5. The molecule has 5 nitrogen and oxygen atoms in total. The first-order valence-corrected chi connectivity index (χ1v) is 8.55. The molecule has 2 N–H and O–H groups in total. The maximum Gasteiger partial charge on any atom is 0.264 e. The van der Waals surface area contributed by atoms with E-state index < -0.39 is 11.5 Å². The Kier molecular flexibility index (Phi) is 5.09. The Labute approximate surface area is 153 Å². The van der Waals surface area contributed by atoms with E-state index in [0.29, 0.717) is 5.82 Å². The van der Waals surface area contributed by atoms with E-state index in [4.69, 9.17) is 0 Å². The summed E-state index contributed by atoms with van der Waals surface area (Å²) in [7, 11) is 0. The molecule has 0 radical (unpaired) electrons. The van der Waals surface area contributed by atoms with E-state index >= 15 is 0 Å². The number of nitrogens with one attached hydrogen (secondary N) is 2. The van der Waals surface area contributed by atoms with Gasteiger partial charge in [0.2, 0.25) is 0 Å². The second-order valence-corrected chi connectivity index (χ2v) is 6.51. The standard InChI is InChI=1S/C19H16BrN3O2/c1-12(14-8-5-9-15(20)10-14)22-18(24)16-11-21-17(23-19(16)25)13-6-3-2-4-7-13/h2-12H,1H3,(H,22,24)(H,21,23,25)/t12-/m0/s1. The van der Waals surface area contributed by atoms with Crippen LogP contribution in [-0.4, -0.2) is 15.9 Å². The van der Waals surface area contributed by atoms with Gasteiger partial charge in [-0.15, -0.1) is 0 Å². The summed E-state index contributed by atoms with van der Waals surface area (Å²) in [6, 6.07) is 16.7. The number of aromatic amines is 1. The average molecular weight is 398 g/mol. The van der Waals surface area contributed by atoms with E-state index in [0.717, 1.165) is 15.6 Å². The molecule has 1 atom stereocenters. The van der Waals surface area contributed by atoms with E-state index in [2.05, 4.69) is 31.2 Å². The molecule has 3 rings (SSSR count). The number of benzene rings is 2. The Bertz CT molecular complexity index is 954. The first-order valence-electron chi connectivity index (χ1n) is 7.75. The molecule has 0 saturated carbocycles. The van der Waals surface area contributed by atoms with Gasteiger partial charge in [0.25, 0.3) is 11.5 Å². The number of hydrogen-bond donors (Lipinski definition) is 2. The molecule has 0 bridgehead atoms. The average Bonchev–Trinajstić information content (AvgIpc) is 2.62. The molecule has 0 aliphatic rings. The number of H-pyrrole nitrogens is 1. The van der Waals surface area contributed by atoms with Crippen molar-refractivity contribution in [3.05, 3.63) is 86.7 Å². The van der Waals surface area contributed by atoms with Crippen molar-refractivity contribution >= 4 is 21.8 Å². The van der Waals surface area contributed by atoms with E-state index in [1.54, 1.807) is 0 Å². The third-order valence-corrected chi connectivity index (χ3v) is 4.28. The molecular formula is C19H16BrN3O2. The first-order chi connectivity index (χ1) is 12.0. The highest BCUT2D eigenvalue weighted by Gasteiger charge is 2.16. The van der Waals surface area contributed by atoms with Crippen LogP contribution in [0.2, 0.25) is 0 Å². The molecule has 126 valence electrons. The molecule has 1 heterocycles. The van der Waals surface area contributed by atoms with Crippen LogP contribution >= 0.6 is 15.9 Å². The fraction of sp³-hybridized carbons (Fsp3) is 0.105. The highest BCUT2D eigenvalue weighted by molar-refractivity contribution is 9.10. The number of rotatable bonds is 4. The second-order valence-electron chi connectivity index (χ2n) is 5.59. The van der Waals surface area contributed by atoms with Gasteiger partial charge in [-0.3, -0.25) is 9.59 Å². The fourth-order valence-corrected chi connectivity index (χ4v) is 2.85. The minimum absolute atomic E-state index is 0.0125. The van der Waals surface area contributed by atoms with Gasteiger partial charge in [-0.25, -0.2) is 4.98 Å². The van der Waals surface area contributed by atoms with Crippen molar-refractivity contribution in [1.29, 1.82) is 0 Å². The third-order valence-electron chi connectivity index (χ3n) is 3.79. The van der Waals surface area contributed by atoms with E-state index in [-0.39, 0.29) is 11.6 Å². The molecule has 0 saturated heterocycles. The third kappa shape index (κ3) is 4.03. The minimum atomic E-state index is -0.465. The molecule has 0 fully saturated rings. The van der Waals surface area contributed by atoms with Crippen molar-refractivity contribution in [2.75, 3.05) is 0 Å². The summed E-state index contributed by atoms with van der Waals surface area (Å²) in [6.07, 6.45) is 1.31. The number of nitrogens with zero attached hydrogens (tertiary/aromatic N) is 1. The molecular weight excluding hydrogens is 382 g/mol. The molecule has 0 aliphatic carbocycles. The normalized spacial score (nSPS) is 11.8. The van der Waals surface area contributed by atoms with Gasteiger partial charge < -0.3 is 10.3 Å². The van der Waals surface area contributed by atoms with Gasteiger partial charge in [-0.2, -0.15) is 0 Å². The van der Waals surface area contributed by atoms with Crippen LogP contribution in [0.15, 0.2) is 70.1 Å². The number of aromatic nitrogens is 2. The second kappa shape index (κ2) is 7.44. The van der Waals surface area contributed by atoms with E-state index in [1.165, 1.54) is 6.20 Å².